The lowest BCUT2D eigenvalue weighted by molar-refractivity contribution is 0.110. The largest absolute Gasteiger partial charge is 0.494 e. The summed E-state index contributed by atoms with van der Waals surface area (Å²) in [7, 11) is 0. The molecule has 1 aromatic carbocycles. The van der Waals surface area contributed by atoms with Crippen LogP contribution in [0.3, 0.4) is 0 Å². The standard InChI is InChI=1S/C17H26FNO2/c18-15-7-9-16(10-8-15)20-12-4-2-1-3-11-19-14-17-6-5-13-21-17/h7-10,17,19H,1-6,11-14H2/t17-/m1/s1. The van der Waals surface area contributed by atoms with Crippen molar-refractivity contribution >= 4 is 0 Å². The van der Waals surface area contributed by atoms with Crippen LogP contribution in [0.4, 0.5) is 4.39 Å². The highest BCUT2D eigenvalue weighted by Crippen LogP contribution is 2.12. The van der Waals surface area contributed by atoms with Crippen LogP contribution in [0.2, 0.25) is 0 Å². The van der Waals surface area contributed by atoms with Crippen LogP contribution in [0, 0.1) is 5.82 Å². The molecule has 0 unspecified atom stereocenters. The fourth-order valence-corrected chi connectivity index (χ4v) is 2.49. The van der Waals surface area contributed by atoms with Gasteiger partial charge in [0.05, 0.1) is 12.7 Å². The molecule has 21 heavy (non-hydrogen) atoms. The highest BCUT2D eigenvalue weighted by Gasteiger charge is 2.13. The normalized spacial score (nSPS) is 18.0. The molecule has 1 aliphatic heterocycles. The van der Waals surface area contributed by atoms with E-state index in [2.05, 4.69) is 5.32 Å². The summed E-state index contributed by atoms with van der Waals surface area (Å²) in [5.74, 6) is 0.521. The Morgan fingerprint density at radius 3 is 2.71 bits per heavy atom. The Kier molecular flexibility index (Phi) is 7.54. The molecule has 1 heterocycles. The van der Waals surface area contributed by atoms with Crippen LogP contribution >= 0.6 is 0 Å². The van der Waals surface area contributed by atoms with Gasteiger partial charge in [-0.25, -0.2) is 4.39 Å². The molecule has 118 valence electrons. The zero-order chi connectivity index (χ0) is 14.8. The summed E-state index contributed by atoms with van der Waals surface area (Å²) >= 11 is 0. The van der Waals surface area contributed by atoms with Gasteiger partial charge in [0, 0.05) is 13.2 Å². The SMILES string of the molecule is Fc1ccc(OCCCCCCNC[C@H]2CCCO2)cc1. The van der Waals surface area contributed by atoms with Crippen LogP contribution in [0.1, 0.15) is 38.5 Å². The van der Waals surface area contributed by atoms with Gasteiger partial charge in [0.15, 0.2) is 0 Å². The van der Waals surface area contributed by atoms with Crippen molar-refractivity contribution < 1.29 is 13.9 Å². The minimum atomic E-state index is -0.224. The van der Waals surface area contributed by atoms with Gasteiger partial charge in [0.25, 0.3) is 0 Å². The third kappa shape index (κ3) is 6.91. The predicted octanol–water partition coefficient (Wildman–Crippen LogP) is 3.53. The Bertz CT molecular complexity index is 377. The number of halogens is 1. The highest BCUT2D eigenvalue weighted by atomic mass is 19.1. The molecule has 3 nitrogen and oxygen atoms in total. The quantitative estimate of drug-likeness (QED) is 0.670. The maximum Gasteiger partial charge on any atom is 0.123 e. The molecule has 1 saturated heterocycles. The first-order valence-electron chi connectivity index (χ1n) is 8.05. The summed E-state index contributed by atoms with van der Waals surface area (Å²) < 4.78 is 23.8. The van der Waals surface area contributed by atoms with E-state index in [1.54, 1.807) is 12.1 Å². The molecule has 1 N–H and O–H groups in total. The van der Waals surface area contributed by atoms with E-state index in [0.29, 0.717) is 12.7 Å². The number of unbranched alkanes of at least 4 members (excludes halogenated alkanes) is 3. The van der Waals surface area contributed by atoms with Crippen molar-refractivity contribution in [2.75, 3.05) is 26.3 Å². The minimum absolute atomic E-state index is 0.224. The molecule has 1 aliphatic rings. The summed E-state index contributed by atoms with van der Waals surface area (Å²) in [5, 5.41) is 3.46. The summed E-state index contributed by atoms with van der Waals surface area (Å²) in [6, 6.07) is 6.19. The number of hydrogen-bond acceptors (Lipinski definition) is 3. The first kappa shape index (κ1) is 16.2. The average molecular weight is 295 g/mol. The molecule has 0 bridgehead atoms. The molecule has 0 spiro atoms. The van der Waals surface area contributed by atoms with Gasteiger partial charge in [-0.2, -0.15) is 0 Å². The van der Waals surface area contributed by atoms with Crippen molar-refractivity contribution in [3.8, 4) is 5.75 Å². The van der Waals surface area contributed by atoms with Crippen LogP contribution in [-0.4, -0.2) is 32.4 Å². The number of benzene rings is 1. The third-order valence-electron chi connectivity index (χ3n) is 3.73. The highest BCUT2D eigenvalue weighted by molar-refractivity contribution is 5.21. The minimum Gasteiger partial charge on any atom is -0.494 e. The van der Waals surface area contributed by atoms with Gasteiger partial charge in [0.2, 0.25) is 0 Å². The van der Waals surface area contributed by atoms with Crippen molar-refractivity contribution in [1.29, 1.82) is 0 Å². The summed E-state index contributed by atoms with van der Waals surface area (Å²) in [6.45, 7) is 3.70. The van der Waals surface area contributed by atoms with Crippen LogP contribution in [0.25, 0.3) is 0 Å². The van der Waals surface area contributed by atoms with E-state index in [9.17, 15) is 4.39 Å². The summed E-state index contributed by atoms with van der Waals surface area (Å²) in [5.41, 5.74) is 0. The van der Waals surface area contributed by atoms with Crippen LogP contribution in [-0.2, 0) is 4.74 Å². The molecule has 0 amide bonds. The van der Waals surface area contributed by atoms with Gasteiger partial charge in [-0.3, -0.25) is 0 Å². The zero-order valence-corrected chi connectivity index (χ0v) is 12.7. The molecule has 0 aliphatic carbocycles. The second-order valence-electron chi connectivity index (χ2n) is 5.56. The smallest absolute Gasteiger partial charge is 0.123 e. The molecular weight excluding hydrogens is 269 g/mol. The lowest BCUT2D eigenvalue weighted by Crippen LogP contribution is -2.26. The van der Waals surface area contributed by atoms with E-state index in [1.165, 1.54) is 44.2 Å². The summed E-state index contributed by atoms with van der Waals surface area (Å²) in [6.07, 6.45) is 7.48. The number of rotatable bonds is 10. The van der Waals surface area contributed by atoms with Crippen LogP contribution in [0.5, 0.6) is 5.75 Å². The maximum absolute atomic E-state index is 12.7. The first-order valence-corrected chi connectivity index (χ1v) is 8.05. The Morgan fingerprint density at radius 1 is 1.14 bits per heavy atom. The second-order valence-corrected chi connectivity index (χ2v) is 5.56. The average Bonchev–Trinajstić information content (AvgIpc) is 3.01. The fourth-order valence-electron chi connectivity index (χ4n) is 2.49. The second kappa shape index (κ2) is 9.74. The molecule has 4 heteroatoms. The van der Waals surface area contributed by atoms with Gasteiger partial charge >= 0.3 is 0 Å². The van der Waals surface area contributed by atoms with E-state index in [-0.39, 0.29) is 5.82 Å². The molecular formula is C17H26FNO2. The summed E-state index contributed by atoms with van der Waals surface area (Å²) in [4.78, 5) is 0. The van der Waals surface area contributed by atoms with Gasteiger partial charge in [-0.05, 0) is 56.5 Å². The predicted molar refractivity (Wildman–Crippen MR) is 82.2 cm³/mol. The van der Waals surface area contributed by atoms with Crippen LogP contribution in [0.15, 0.2) is 24.3 Å². The van der Waals surface area contributed by atoms with Gasteiger partial charge in [-0.15, -0.1) is 0 Å². The monoisotopic (exact) mass is 295 g/mol. The zero-order valence-electron chi connectivity index (χ0n) is 12.7. The van der Waals surface area contributed by atoms with E-state index in [0.717, 1.165) is 31.9 Å². The lowest BCUT2D eigenvalue weighted by atomic mass is 10.2. The molecule has 0 radical (unpaired) electrons. The molecule has 1 aromatic rings. The number of ether oxygens (including phenoxy) is 2. The third-order valence-corrected chi connectivity index (χ3v) is 3.73. The Labute approximate surface area is 126 Å². The van der Waals surface area contributed by atoms with E-state index in [1.807, 2.05) is 0 Å². The van der Waals surface area contributed by atoms with E-state index in [4.69, 9.17) is 9.47 Å². The molecule has 1 fully saturated rings. The van der Waals surface area contributed by atoms with Crippen molar-refractivity contribution in [3.63, 3.8) is 0 Å². The molecule has 0 saturated carbocycles. The molecule has 0 aromatic heterocycles. The van der Waals surface area contributed by atoms with E-state index < -0.39 is 0 Å². The van der Waals surface area contributed by atoms with Gasteiger partial charge in [-0.1, -0.05) is 12.8 Å². The maximum atomic E-state index is 12.7. The Morgan fingerprint density at radius 2 is 1.95 bits per heavy atom. The topological polar surface area (TPSA) is 30.5 Å². The fraction of sp³-hybridized carbons (Fsp3) is 0.647. The van der Waals surface area contributed by atoms with Crippen molar-refractivity contribution in [1.82, 2.24) is 5.32 Å². The van der Waals surface area contributed by atoms with Crippen molar-refractivity contribution in [3.05, 3.63) is 30.1 Å². The van der Waals surface area contributed by atoms with Crippen molar-refractivity contribution in [2.45, 2.75) is 44.6 Å². The van der Waals surface area contributed by atoms with Gasteiger partial charge < -0.3 is 14.8 Å². The first-order chi connectivity index (χ1) is 10.3. The Hall–Kier alpha value is -1.13. The molecule has 2 rings (SSSR count). The Balaban J connectivity index is 1.37. The van der Waals surface area contributed by atoms with Crippen LogP contribution < -0.4 is 10.1 Å². The van der Waals surface area contributed by atoms with E-state index >= 15 is 0 Å². The van der Waals surface area contributed by atoms with Gasteiger partial charge in [0.1, 0.15) is 11.6 Å². The number of nitrogens with one attached hydrogen (secondary N) is 1. The molecule has 1 atom stereocenters. The number of hydrogen-bond donors (Lipinski definition) is 1. The lowest BCUT2D eigenvalue weighted by Gasteiger charge is -2.10. The van der Waals surface area contributed by atoms with Crippen molar-refractivity contribution in [2.24, 2.45) is 0 Å².